The van der Waals surface area contributed by atoms with E-state index < -0.39 is 36.4 Å². The minimum absolute atomic E-state index is 0. The van der Waals surface area contributed by atoms with Gasteiger partial charge >= 0.3 is 107 Å². The van der Waals surface area contributed by atoms with Crippen LogP contribution in [-0.4, -0.2) is 133 Å². The van der Waals surface area contributed by atoms with Crippen LogP contribution in [0, 0.1) is 0 Å². The predicted molar refractivity (Wildman–Crippen MR) is 52.8 cm³/mol. The zero-order chi connectivity index (χ0) is 10.6. The second-order valence-corrected chi connectivity index (χ2v) is 2.48. The van der Waals surface area contributed by atoms with Crippen LogP contribution in [0.1, 0.15) is 12.8 Å². The van der Waals surface area contributed by atoms with Crippen molar-refractivity contribution in [3.8, 4) is 0 Å². The van der Waals surface area contributed by atoms with Crippen LogP contribution in [-0.2, 0) is 14.4 Å². The molecule has 0 radical (unpaired) electrons. The summed E-state index contributed by atoms with van der Waals surface area (Å²) in [4.78, 5) is 30.5. The SMILES string of the molecule is O=C(O)CC(O)(CC(=O)O)C(=O)O.[CaH2].[KH]. The van der Waals surface area contributed by atoms with Crippen molar-refractivity contribution in [2.75, 3.05) is 0 Å². The molecule has 0 aromatic rings. The van der Waals surface area contributed by atoms with Crippen LogP contribution in [0.15, 0.2) is 0 Å². The summed E-state index contributed by atoms with van der Waals surface area (Å²) in [6.07, 6.45) is -2.29. The van der Waals surface area contributed by atoms with Crippen LogP contribution >= 0.6 is 0 Å². The van der Waals surface area contributed by atoms with Gasteiger partial charge in [-0.2, -0.15) is 0 Å². The topological polar surface area (TPSA) is 132 Å². The molecule has 0 fully saturated rings. The Bertz CT molecular complexity index is 238. The third-order valence-corrected chi connectivity index (χ3v) is 1.29. The van der Waals surface area contributed by atoms with Gasteiger partial charge in [0.2, 0.25) is 0 Å². The molecule has 0 bridgehead atoms. The summed E-state index contributed by atoms with van der Waals surface area (Å²) in [6, 6.07) is 0. The molecular weight excluding hydrogens is 263 g/mol. The van der Waals surface area contributed by atoms with Gasteiger partial charge in [0.1, 0.15) is 0 Å². The Morgan fingerprint density at radius 1 is 0.933 bits per heavy atom. The second-order valence-electron chi connectivity index (χ2n) is 2.48. The first kappa shape index (κ1) is 21.5. The van der Waals surface area contributed by atoms with Crippen molar-refractivity contribution >= 4 is 107 Å². The van der Waals surface area contributed by atoms with Crippen molar-refractivity contribution < 1.29 is 34.8 Å². The summed E-state index contributed by atoms with van der Waals surface area (Å²) in [5.41, 5.74) is -2.74. The first-order valence-corrected chi connectivity index (χ1v) is 3.17. The van der Waals surface area contributed by atoms with Crippen molar-refractivity contribution in [1.82, 2.24) is 0 Å². The molecule has 7 nitrogen and oxygen atoms in total. The molecule has 0 aliphatic rings. The van der Waals surface area contributed by atoms with E-state index in [2.05, 4.69) is 0 Å². The summed E-state index contributed by atoms with van der Waals surface area (Å²) in [6.45, 7) is 0. The number of hydrogen-bond donors (Lipinski definition) is 4. The van der Waals surface area contributed by atoms with E-state index in [1.165, 1.54) is 0 Å². The van der Waals surface area contributed by atoms with Crippen molar-refractivity contribution in [2.24, 2.45) is 0 Å². The van der Waals surface area contributed by atoms with Gasteiger partial charge in [-0.05, 0) is 0 Å². The van der Waals surface area contributed by atoms with Gasteiger partial charge in [-0.25, -0.2) is 4.79 Å². The second kappa shape index (κ2) is 9.31. The molecule has 0 atom stereocenters. The Morgan fingerprint density at radius 3 is 1.33 bits per heavy atom. The Balaban J connectivity index is -0.000000720. The van der Waals surface area contributed by atoms with E-state index in [0.29, 0.717) is 0 Å². The van der Waals surface area contributed by atoms with E-state index in [1.807, 2.05) is 0 Å². The number of hydrogen-bond acceptors (Lipinski definition) is 4. The van der Waals surface area contributed by atoms with E-state index >= 15 is 0 Å². The number of aliphatic hydroxyl groups is 1. The number of carboxylic acid groups (broad SMARTS) is 3. The minimum atomic E-state index is -2.74. The fourth-order valence-electron chi connectivity index (χ4n) is 0.714. The molecule has 0 heterocycles. The van der Waals surface area contributed by atoms with Crippen LogP contribution in [0.5, 0.6) is 0 Å². The quantitative estimate of drug-likeness (QED) is 0.398. The van der Waals surface area contributed by atoms with Crippen LogP contribution in [0.4, 0.5) is 0 Å². The summed E-state index contributed by atoms with van der Waals surface area (Å²) in [5.74, 6) is -5.02. The van der Waals surface area contributed by atoms with Gasteiger partial charge in [-0.15, -0.1) is 0 Å². The van der Waals surface area contributed by atoms with Gasteiger partial charge in [0.25, 0.3) is 0 Å². The maximum absolute atomic E-state index is 10.3. The van der Waals surface area contributed by atoms with Gasteiger partial charge in [-0.1, -0.05) is 0 Å². The molecule has 15 heavy (non-hydrogen) atoms. The molecular formula is C6H11CaKO7. The predicted octanol–water partition coefficient (Wildman–Crippen LogP) is -2.81. The fourth-order valence-corrected chi connectivity index (χ4v) is 0.714. The molecule has 0 spiro atoms. The number of carbonyl (C=O) groups is 3. The monoisotopic (exact) mass is 274 g/mol. The number of aliphatic carboxylic acids is 3. The average Bonchev–Trinajstić information content (AvgIpc) is 1.82. The first-order valence-electron chi connectivity index (χ1n) is 3.17. The van der Waals surface area contributed by atoms with Crippen LogP contribution in [0.25, 0.3) is 0 Å². The van der Waals surface area contributed by atoms with E-state index in [0.717, 1.165) is 0 Å². The third-order valence-electron chi connectivity index (χ3n) is 1.29. The van der Waals surface area contributed by atoms with Crippen LogP contribution in [0.2, 0.25) is 0 Å². The van der Waals surface area contributed by atoms with Gasteiger partial charge < -0.3 is 20.4 Å². The van der Waals surface area contributed by atoms with Crippen LogP contribution < -0.4 is 0 Å². The first-order chi connectivity index (χ1) is 5.78. The molecule has 0 aromatic carbocycles. The van der Waals surface area contributed by atoms with Gasteiger partial charge in [0.15, 0.2) is 5.60 Å². The van der Waals surface area contributed by atoms with E-state index in [1.54, 1.807) is 0 Å². The molecule has 0 rings (SSSR count). The van der Waals surface area contributed by atoms with E-state index in [9.17, 15) is 14.4 Å². The Labute approximate surface area is 157 Å². The molecule has 4 N–H and O–H groups in total. The normalized spacial score (nSPS) is 9.40. The van der Waals surface area contributed by atoms with Gasteiger partial charge in [0, 0.05) is 0 Å². The van der Waals surface area contributed by atoms with Crippen molar-refractivity contribution in [3.63, 3.8) is 0 Å². The molecule has 0 aliphatic carbocycles. The molecule has 0 aliphatic heterocycles. The molecule has 0 saturated carbocycles. The Kier molecular flexibility index (Phi) is 13.4. The zero-order valence-corrected chi connectivity index (χ0v) is 6.43. The maximum atomic E-state index is 10.3. The molecule has 0 amide bonds. The van der Waals surface area contributed by atoms with Gasteiger partial charge in [0.05, 0.1) is 12.8 Å². The Morgan fingerprint density at radius 2 is 1.20 bits per heavy atom. The Hall–Kier alpha value is 1.27. The summed E-state index contributed by atoms with van der Waals surface area (Å²) in [7, 11) is 0. The van der Waals surface area contributed by atoms with Crippen molar-refractivity contribution in [3.05, 3.63) is 0 Å². The zero-order valence-electron chi connectivity index (χ0n) is 6.43. The molecule has 9 heteroatoms. The molecule has 0 saturated heterocycles. The summed E-state index contributed by atoms with van der Waals surface area (Å²) < 4.78 is 0. The average molecular weight is 274 g/mol. The molecule has 0 unspecified atom stereocenters. The molecule has 80 valence electrons. The summed E-state index contributed by atoms with van der Waals surface area (Å²) >= 11 is 0. The van der Waals surface area contributed by atoms with E-state index in [-0.39, 0.29) is 89.1 Å². The third kappa shape index (κ3) is 9.01. The fraction of sp³-hybridized carbons (Fsp3) is 0.500. The van der Waals surface area contributed by atoms with Crippen molar-refractivity contribution in [1.29, 1.82) is 0 Å². The van der Waals surface area contributed by atoms with Crippen LogP contribution in [0.3, 0.4) is 0 Å². The standard InChI is InChI=1S/C6H8O7.Ca.K.3H/c7-3(8)1-6(13,5(11)12)2-4(9)10;;;;;/h13H,1-2H2,(H,7,8)(H,9,10)(H,11,12);;;;;. The van der Waals surface area contributed by atoms with E-state index in [4.69, 9.17) is 20.4 Å². The van der Waals surface area contributed by atoms with Crippen molar-refractivity contribution in [2.45, 2.75) is 18.4 Å². The number of rotatable bonds is 5. The molecule has 0 aromatic heterocycles. The number of carboxylic acids is 3. The summed E-state index contributed by atoms with van der Waals surface area (Å²) in [5, 5.41) is 33.8. The van der Waals surface area contributed by atoms with Gasteiger partial charge in [-0.3, -0.25) is 9.59 Å².